The van der Waals surface area contributed by atoms with Gasteiger partial charge in [-0.3, -0.25) is 0 Å². The van der Waals surface area contributed by atoms with Crippen LogP contribution in [0.25, 0.3) is 12.4 Å². The van der Waals surface area contributed by atoms with Crippen molar-refractivity contribution in [2.75, 3.05) is 40.1 Å². The Morgan fingerprint density at radius 1 is 1.14 bits per heavy atom. The molecule has 1 heterocycles. The third-order valence-corrected chi connectivity index (χ3v) is 5.53. The van der Waals surface area contributed by atoms with E-state index in [1.54, 1.807) is 7.11 Å². The molecule has 0 amide bonds. The molecule has 0 atom stereocenters. The molecule has 4 N–H and O–H groups in total. The summed E-state index contributed by atoms with van der Waals surface area (Å²) in [4.78, 5) is 4.68. The Balaban J connectivity index is 2.25. The van der Waals surface area contributed by atoms with E-state index in [1.165, 1.54) is 0 Å². The average molecular weight is 487 g/mol. The third-order valence-electron chi connectivity index (χ3n) is 5.53. The number of methoxy groups -OCH3 is 1. The Morgan fingerprint density at radius 3 is 2.66 bits per heavy atom. The number of rotatable bonds is 17. The molecule has 2 aromatic rings. The molecule has 0 saturated carbocycles. The number of hydrogen-bond acceptors (Lipinski definition) is 6. The number of aliphatic imine (C=N–C) groups is 1. The van der Waals surface area contributed by atoms with Crippen molar-refractivity contribution in [2.45, 2.75) is 52.7 Å². The summed E-state index contributed by atoms with van der Waals surface area (Å²) in [5.74, 6) is 2.13. The molecule has 8 heteroatoms. The Hall–Kier alpha value is -2.81. The predicted molar refractivity (Wildman–Crippen MR) is 142 cm³/mol. The van der Waals surface area contributed by atoms with Crippen LogP contribution < -0.4 is 26.4 Å². The van der Waals surface area contributed by atoms with Crippen molar-refractivity contribution in [3.63, 3.8) is 0 Å². The first kappa shape index (κ1) is 28.4. The van der Waals surface area contributed by atoms with E-state index in [4.69, 9.17) is 25.1 Å². The molecule has 1 aromatic heterocycles. The number of nitrogens with two attached hydrogens (primary N) is 1. The van der Waals surface area contributed by atoms with Gasteiger partial charge in [0.25, 0.3) is 0 Å². The highest BCUT2D eigenvalue weighted by Crippen LogP contribution is 2.21. The van der Waals surface area contributed by atoms with Gasteiger partial charge in [0, 0.05) is 24.7 Å². The number of amidine groups is 1. The number of hydrogen-bond donors (Lipinski definition) is 3. The van der Waals surface area contributed by atoms with Crippen molar-refractivity contribution < 1.29 is 19.3 Å². The molecule has 0 radical (unpaired) electrons. The van der Waals surface area contributed by atoms with Gasteiger partial charge in [0.05, 0.1) is 52.0 Å². The molecule has 0 bridgehead atoms. The summed E-state index contributed by atoms with van der Waals surface area (Å²) >= 11 is 0. The van der Waals surface area contributed by atoms with Crippen LogP contribution in [-0.2, 0) is 22.6 Å². The molecule has 0 fully saturated rings. The Labute approximate surface area is 209 Å². The summed E-state index contributed by atoms with van der Waals surface area (Å²) in [6.07, 6.45) is 6.09. The van der Waals surface area contributed by atoms with Gasteiger partial charge in [-0.1, -0.05) is 45.4 Å². The molecule has 0 aliphatic heterocycles. The van der Waals surface area contributed by atoms with Gasteiger partial charge >= 0.3 is 0 Å². The van der Waals surface area contributed by atoms with E-state index in [0.29, 0.717) is 45.2 Å². The number of ether oxygens (including phenoxy) is 3. The molecule has 8 nitrogen and oxygen atoms in total. The number of aliphatic hydroxyl groups excluding tert-OH is 1. The minimum absolute atomic E-state index is 0.0177. The number of nitrogens with one attached hydrogen (secondary N) is 1. The van der Waals surface area contributed by atoms with Crippen LogP contribution in [0.2, 0.25) is 0 Å². The lowest BCUT2D eigenvalue weighted by molar-refractivity contribution is 0.0274. The predicted octanol–water partition coefficient (Wildman–Crippen LogP) is 2.09. The molecule has 35 heavy (non-hydrogen) atoms. The summed E-state index contributed by atoms with van der Waals surface area (Å²) in [6, 6.07) is 8.10. The number of aliphatic hydroxyl groups is 1. The second-order valence-corrected chi connectivity index (χ2v) is 8.29. The smallest absolute Gasteiger partial charge is 0.152 e. The van der Waals surface area contributed by atoms with Crippen LogP contribution in [0.3, 0.4) is 0 Å². The Kier molecular flexibility index (Phi) is 13.0. The fourth-order valence-corrected chi connectivity index (χ4v) is 3.59. The normalized spacial score (nSPS) is 12.6. The van der Waals surface area contributed by atoms with Crippen molar-refractivity contribution in [1.82, 2.24) is 9.88 Å². The van der Waals surface area contributed by atoms with Gasteiger partial charge in [-0.15, -0.1) is 0 Å². The summed E-state index contributed by atoms with van der Waals surface area (Å²) in [7, 11) is 1.68. The molecule has 1 aromatic carbocycles. The van der Waals surface area contributed by atoms with Crippen LogP contribution in [0, 0.1) is 0 Å². The highest BCUT2D eigenvalue weighted by atomic mass is 16.5. The number of unbranched alkanes of at least 4 members (excludes halogenated alkanes) is 2. The maximum absolute atomic E-state index is 8.74. The van der Waals surface area contributed by atoms with Crippen molar-refractivity contribution in [3.8, 4) is 5.75 Å². The summed E-state index contributed by atoms with van der Waals surface area (Å²) < 4.78 is 18.7. The lowest BCUT2D eigenvalue weighted by Crippen LogP contribution is -2.36. The number of aromatic nitrogens is 1. The van der Waals surface area contributed by atoms with Crippen LogP contribution in [0.4, 0.5) is 0 Å². The maximum Gasteiger partial charge on any atom is 0.152 e. The van der Waals surface area contributed by atoms with Gasteiger partial charge in [-0.25, -0.2) is 4.99 Å². The van der Waals surface area contributed by atoms with Gasteiger partial charge in [-0.2, -0.15) is 0 Å². The first-order valence-electron chi connectivity index (χ1n) is 12.4. The minimum Gasteiger partial charge on any atom is -0.496 e. The standard InChI is InChI=1S/C27H42N4O4/c1-5-7-8-12-29-27(30-25(28)6-2)26-21(3)11-13-31(26)19-23-10-9-22(18-24(23)33-4)20-35-17-16-34-15-14-32/h9-11,13,18,29,32H,3,5-8,12,14-17,19-20H2,1-2,4H3,(H2,28,30)/b27-26+. The van der Waals surface area contributed by atoms with Crippen molar-refractivity contribution in [1.29, 1.82) is 0 Å². The van der Waals surface area contributed by atoms with Gasteiger partial charge in [-0.05, 0) is 29.3 Å². The average Bonchev–Trinajstić information content (AvgIpc) is 3.23. The van der Waals surface area contributed by atoms with E-state index >= 15 is 0 Å². The molecule has 0 aliphatic carbocycles. The quantitative estimate of drug-likeness (QED) is 0.180. The fourth-order valence-electron chi connectivity index (χ4n) is 3.59. The molecular weight excluding hydrogens is 444 g/mol. The monoisotopic (exact) mass is 486 g/mol. The second-order valence-electron chi connectivity index (χ2n) is 8.29. The van der Waals surface area contributed by atoms with E-state index in [0.717, 1.165) is 59.1 Å². The van der Waals surface area contributed by atoms with Crippen molar-refractivity contribution in [3.05, 3.63) is 52.2 Å². The lowest BCUT2D eigenvalue weighted by Gasteiger charge is -2.14. The van der Waals surface area contributed by atoms with E-state index in [-0.39, 0.29) is 6.61 Å². The first-order valence-corrected chi connectivity index (χ1v) is 12.4. The topological polar surface area (TPSA) is 103 Å². The molecule has 0 spiro atoms. The van der Waals surface area contributed by atoms with E-state index in [9.17, 15) is 0 Å². The Morgan fingerprint density at radius 2 is 1.94 bits per heavy atom. The highest BCUT2D eigenvalue weighted by molar-refractivity contribution is 5.83. The largest absolute Gasteiger partial charge is 0.496 e. The fraction of sp³-hybridized carbons (Fsp3) is 0.519. The van der Waals surface area contributed by atoms with Crippen LogP contribution in [0.5, 0.6) is 5.75 Å². The summed E-state index contributed by atoms with van der Waals surface area (Å²) in [5.41, 5.74) is 8.16. The van der Waals surface area contributed by atoms with Gasteiger partial charge in [0.2, 0.25) is 0 Å². The third kappa shape index (κ3) is 9.39. The molecule has 0 unspecified atom stereocenters. The van der Waals surface area contributed by atoms with E-state index < -0.39 is 0 Å². The van der Waals surface area contributed by atoms with Crippen LogP contribution in [0.1, 0.15) is 50.7 Å². The minimum atomic E-state index is 0.0177. The van der Waals surface area contributed by atoms with Crippen LogP contribution in [0.15, 0.2) is 35.5 Å². The maximum atomic E-state index is 8.74. The molecule has 0 aliphatic rings. The van der Waals surface area contributed by atoms with Crippen LogP contribution >= 0.6 is 0 Å². The number of benzene rings is 1. The lowest BCUT2D eigenvalue weighted by atomic mass is 10.1. The SMILES string of the molecule is C=c1ccn(Cc2ccc(COCCOCCO)cc2OC)/c1=C(/N=C(/N)CC)NCCCCC. The van der Waals surface area contributed by atoms with E-state index in [1.807, 2.05) is 31.3 Å². The zero-order valence-electron chi connectivity index (χ0n) is 21.5. The summed E-state index contributed by atoms with van der Waals surface area (Å²) in [5, 5.41) is 14.0. The van der Waals surface area contributed by atoms with Gasteiger partial charge in [0.15, 0.2) is 5.82 Å². The molecular formula is C27H42N4O4. The first-order chi connectivity index (χ1) is 17.0. The highest BCUT2D eigenvalue weighted by Gasteiger charge is 2.09. The molecule has 0 saturated heterocycles. The number of nitrogens with zero attached hydrogens (tertiary/aromatic N) is 2. The van der Waals surface area contributed by atoms with Gasteiger partial charge < -0.3 is 34.9 Å². The van der Waals surface area contributed by atoms with Crippen molar-refractivity contribution in [2.24, 2.45) is 10.7 Å². The van der Waals surface area contributed by atoms with Crippen molar-refractivity contribution >= 4 is 18.2 Å². The summed E-state index contributed by atoms with van der Waals surface area (Å²) in [6.45, 7) is 11.6. The van der Waals surface area contributed by atoms with Crippen LogP contribution in [-0.4, -0.2) is 55.6 Å². The zero-order chi connectivity index (χ0) is 25.5. The zero-order valence-corrected chi connectivity index (χ0v) is 21.5. The van der Waals surface area contributed by atoms with E-state index in [2.05, 4.69) is 34.4 Å². The second kappa shape index (κ2) is 16.0. The molecule has 194 valence electrons. The Bertz CT molecular complexity index is 1030. The molecule has 2 rings (SSSR count). The van der Waals surface area contributed by atoms with Gasteiger partial charge in [0.1, 0.15) is 11.6 Å².